The van der Waals surface area contributed by atoms with Crippen LogP contribution in [0.2, 0.25) is 0 Å². The fourth-order valence-corrected chi connectivity index (χ4v) is 4.50. The monoisotopic (exact) mass is 350 g/mol. The van der Waals surface area contributed by atoms with Crippen LogP contribution in [0.15, 0.2) is 18.6 Å². The first-order valence-electron chi connectivity index (χ1n) is 8.15. The highest BCUT2D eigenvalue weighted by molar-refractivity contribution is 7.18. The lowest BCUT2D eigenvalue weighted by Gasteiger charge is -2.12. The molecular formula is C16H14N8S. The van der Waals surface area contributed by atoms with E-state index in [9.17, 15) is 0 Å². The number of fused-ring (bicyclic) bond motifs is 3. The highest BCUT2D eigenvalue weighted by atomic mass is 32.1. The van der Waals surface area contributed by atoms with Crippen LogP contribution in [0.5, 0.6) is 0 Å². The molecule has 8 nitrogen and oxygen atoms in total. The normalized spacial score (nSPS) is 14.0. The van der Waals surface area contributed by atoms with Crippen LogP contribution in [-0.2, 0) is 12.8 Å². The summed E-state index contributed by atoms with van der Waals surface area (Å²) in [6.45, 7) is 1.87. The van der Waals surface area contributed by atoms with Gasteiger partial charge in [-0.3, -0.25) is 4.98 Å². The van der Waals surface area contributed by atoms with Gasteiger partial charge in [-0.25, -0.2) is 15.0 Å². The molecule has 0 unspecified atom stereocenters. The minimum Gasteiger partial charge on any atom is -0.261 e. The lowest BCUT2D eigenvalue weighted by molar-refractivity contribution is 0.698. The Kier molecular flexibility index (Phi) is 3.27. The Morgan fingerprint density at radius 3 is 2.84 bits per heavy atom. The van der Waals surface area contributed by atoms with Crippen molar-refractivity contribution in [1.29, 1.82) is 0 Å². The van der Waals surface area contributed by atoms with E-state index >= 15 is 0 Å². The summed E-state index contributed by atoms with van der Waals surface area (Å²) >= 11 is 1.74. The zero-order valence-electron chi connectivity index (χ0n) is 13.5. The summed E-state index contributed by atoms with van der Waals surface area (Å²) in [7, 11) is 0. The van der Waals surface area contributed by atoms with E-state index in [0.29, 0.717) is 17.3 Å². The molecule has 4 aromatic rings. The molecule has 0 saturated heterocycles. The SMILES string of the molecule is Cc1nnnn1-c1nc(-c2cnccn2)nc2sc3c(c12)CCCC3. The van der Waals surface area contributed by atoms with Crippen molar-refractivity contribution in [3.05, 3.63) is 34.9 Å². The van der Waals surface area contributed by atoms with Crippen LogP contribution in [0.25, 0.3) is 27.6 Å². The van der Waals surface area contributed by atoms with Crippen LogP contribution < -0.4 is 0 Å². The second-order valence-corrected chi connectivity index (χ2v) is 7.07. The summed E-state index contributed by atoms with van der Waals surface area (Å²) in [5.41, 5.74) is 1.99. The standard InChI is InChI=1S/C16H14N8S/c1-9-21-22-23-24(9)15-13-10-4-2-3-5-12(10)25-16(13)20-14(19-15)11-8-17-6-7-18-11/h6-8H,2-5H2,1H3. The van der Waals surface area contributed by atoms with Crippen molar-refractivity contribution in [2.45, 2.75) is 32.6 Å². The first-order valence-corrected chi connectivity index (χ1v) is 8.97. The smallest absolute Gasteiger partial charge is 0.183 e. The molecule has 0 saturated carbocycles. The molecule has 0 bridgehead atoms. The van der Waals surface area contributed by atoms with Crippen LogP contribution in [0, 0.1) is 6.92 Å². The second kappa shape index (κ2) is 5.62. The first kappa shape index (κ1) is 14.5. The van der Waals surface area contributed by atoms with Gasteiger partial charge < -0.3 is 0 Å². The van der Waals surface area contributed by atoms with E-state index in [2.05, 4.69) is 25.5 Å². The molecule has 0 fully saturated rings. The molecule has 4 heterocycles. The zero-order valence-corrected chi connectivity index (χ0v) is 14.4. The van der Waals surface area contributed by atoms with Crippen molar-refractivity contribution in [2.75, 3.05) is 0 Å². The largest absolute Gasteiger partial charge is 0.261 e. The molecule has 0 N–H and O–H groups in total. The van der Waals surface area contributed by atoms with Crippen LogP contribution in [0.3, 0.4) is 0 Å². The number of thiophene rings is 1. The third kappa shape index (κ3) is 2.30. The van der Waals surface area contributed by atoms with E-state index in [-0.39, 0.29) is 0 Å². The molecule has 0 spiro atoms. The lowest BCUT2D eigenvalue weighted by atomic mass is 9.97. The topological polar surface area (TPSA) is 95.2 Å². The molecule has 0 aromatic carbocycles. The summed E-state index contributed by atoms with van der Waals surface area (Å²) in [5, 5.41) is 13.0. The third-order valence-electron chi connectivity index (χ3n) is 4.41. The summed E-state index contributed by atoms with van der Waals surface area (Å²) in [6, 6.07) is 0. The van der Waals surface area contributed by atoms with Crippen LogP contribution in [0.1, 0.15) is 29.1 Å². The van der Waals surface area contributed by atoms with E-state index in [1.54, 1.807) is 34.6 Å². The number of aryl methyl sites for hydroxylation is 3. The number of hydrogen-bond acceptors (Lipinski definition) is 8. The van der Waals surface area contributed by atoms with E-state index in [1.807, 2.05) is 6.92 Å². The number of tetrazole rings is 1. The van der Waals surface area contributed by atoms with E-state index in [4.69, 9.17) is 9.97 Å². The summed E-state index contributed by atoms with van der Waals surface area (Å²) in [4.78, 5) is 20.4. The van der Waals surface area contributed by atoms with Gasteiger partial charge in [0.1, 0.15) is 10.5 Å². The first-order chi connectivity index (χ1) is 12.3. The van der Waals surface area contributed by atoms with Crippen molar-refractivity contribution in [1.82, 2.24) is 40.1 Å². The van der Waals surface area contributed by atoms with Gasteiger partial charge in [-0.1, -0.05) is 0 Å². The molecule has 124 valence electrons. The molecule has 9 heteroatoms. The summed E-state index contributed by atoms with van der Waals surface area (Å²) in [6.07, 6.45) is 9.53. The Hall–Kier alpha value is -2.81. The maximum atomic E-state index is 4.77. The van der Waals surface area contributed by atoms with Crippen molar-refractivity contribution in [3.63, 3.8) is 0 Å². The number of rotatable bonds is 2. The van der Waals surface area contributed by atoms with E-state index in [1.165, 1.54) is 23.3 Å². The highest BCUT2D eigenvalue weighted by Gasteiger charge is 2.23. The summed E-state index contributed by atoms with van der Waals surface area (Å²) in [5.74, 6) is 1.97. The van der Waals surface area contributed by atoms with Crippen LogP contribution >= 0.6 is 11.3 Å². The average molecular weight is 350 g/mol. The Morgan fingerprint density at radius 1 is 1.12 bits per heavy atom. The van der Waals surface area contributed by atoms with E-state index in [0.717, 1.165) is 28.9 Å². The third-order valence-corrected chi connectivity index (χ3v) is 5.60. The van der Waals surface area contributed by atoms with Gasteiger partial charge in [-0.05, 0) is 48.6 Å². The van der Waals surface area contributed by atoms with Gasteiger partial charge in [-0.2, -0.15) is 4.68 Å². The molecule has 0 aliphatic heterocycles. The minimum atomic E-state index is 0.545. The molecule has 5 rings (SSSR count). The van der Waals surface area contributed by atoms with Gasteiger partial charge in [-0.15, -0.1) is 16.4 Å². The predicted octanol–water partition coefficient (Wildman–Crippen LogP) is 2.31. The van der Waals surface area contributed by atoms with Gasteiger partial charge in [0.2, 0.25) is 0 Å². The Morgan fingerprint density at radius 2 is 2.04 bits per heavy atom. The average Bonchev–Trinajstić information content (AvgIpc) is 3.25. The maximum Gasteiger partial charge on any atom is 0.183 e. The number of nitrogens with zero attached hydrogens (tertiary/aromatic N) is 8. The fourth-order valence-electron chi connectivity index (χ4n) is 3.25. The maximum absolute atomic E-state index is 4.77. The number of hydrogen-bond donors (Lipinski definition) is 0. The quantitative estimate of drug-likeness (QED) is 0.547. The van der Waals surface area contributed by atoms with Crippen LogP contribution in [0.4, 0.5) is 0 Å². The van der Waals surface area contributed by atoms with Gasteiger partial charge in [0.05, 0.1) is 11.6 Å². The fraction of sp³-hybridized carbons (Fsp3) is 0.312. The molecule has 0 amide bonds. The van der Waals surface area contributed by atoms with Gasteiger partial charge in [0, 0.05) is 17.3 Å². The van der Waals surface area contributed by atoms with E-state index < -0.39 is 0 Å². The van der Waals surface area contributed by atoms with Gasteiger partial charge in [0.15, 0.2) is 17.5 Å². The predicted molar refractivity (Wildman–Crippen MR) is 92.5 cm³/mol. The van der Waals surface area contributed by atoms with Crippen molar-refractivity contribution < 1.29 is 0 Å². The zero-order chi connectivity index (χ0) is 16.8. The minimum absolute atomic E-state index is 0.545. The van der Waals surface area contributed by atoms with Crippen molar-refractivity contribution >= 4 is 21.6 Å². The number of aromatic nitrogens is 8. The lowest BCUT2D eigenvalue weighted by Crippen LogP contribution is -2.07. The summed E-state index contributed by atoms with van der Waals surface area (Å²) < 4.78 is 1.69. The van der Waals surface area contributed by atoms with Gasteiger partial charge >= 0.3 is 0 Å². The molecule has 4 aromatic heterocycles. The van der Waals surface area contributed by atoms with Gasteiger partial charge in [0.25, 0.3) is 0 Å². The molecule has 0 atom stereocenters. The van der Waals surface area contributed by atoms with Crippen LogP contribution in [-0.4, -0.2) is 40.1 Å². The molecule has 25 heavy (non-hydrogen) atoms. The Labute approximate surface area is 147 Å². The molecule has 0 radical (unpaired) electrons. The Bertz CT molecular complexity index is 1070. The molecule has 1 aliphatic rings. The Balaban J connectivity index is 1.84. The second-order valence-electron chi connectivity index (χ2n) is 5.99. The van der Waals surface area contributed by atoms with Crippen molar-refractivity contribution in [3.8, 4) is 17.3 Å². The highest BCUT2D eigenvalue weighted by Crippen LogP contribution is 2.38. The van der Waals surface area contributed by atoms with Crippen molar-refractivity contribution in [2.24, 2.45) is 0 Å². The molecular weight excluding hydrogens is 336 g/mol. The molecule has 1 aliphatic carbocycles.